The number of carbonyl (C=O) groups excluding carboxylic acids is 2. The summed E-state index contributed by atoms with van der Waals surface area (Å²) < 4.78 is 15.9. The SMILES string of the molecule is CCOC(=O)CNCCc1cc(OCc2ccccc2)ccc1C(=O)OCC. The first kappa shape index (κ1) is 21.4. The monoisotopic (exact) mass is 385 g/mol. The summed E-state index contributed by atoms with van der Waals surface area (Å²) in [7, 11) is 0. The summed E-state index contributed by atoms with van der Waals surface area (Å²) in [5.41, 5.74) is 2.38. The quantitative estimate of drug-likeness (QED) is 0.473. The third-order valence-electron chi connectivity index (χ3n) is 3.97. The van der Waals surface area contributed by atoms with Crippen LogP contribution in [-0.4, -0.2) is 38.2 Å². The van der Waals surface area contributed by atoms with Crippen molar-refractivity contribution >= 4 is 11.9 Å². The molecule has 0 aromatic heterocycles. The van der Waals surface area contributed by atoms with Gasteiger partial charge >= 0.3 is 11.9 Å². The first-order valence-electron chi connectivity index (χ1n) is 9.47. The molecule has 0 bridgehead atoms. The van der Waals surface area contributed by atoms with Crippen LogP contribution in [0, 0.1) is 0 Å². The van der Waals surface area contributed by atoms with Crippen LogP contribution in [0.5, 0.6) is 5.75 Å². The summed E-state index contributed by atoms with van der Waals surface area (Å²) >= 11 is 0. The predicted octanol–water partition coefficient (Wildman–Crippen LogP) is 3.14. The number of nitrogens with one attached hydrogen (secondary N) is 1. The highest BCUT2D eigenvalue weighted by Crippen LogP contribution is 2.20. The zero-order valence-electron chi connectivity index (χ0n) is 16.4. The molecule has 0 aliphatic carbocycles. The lowest BCUT2D eigenvalue weighted by Gasteiger charge is -2.13. The number of hydrogen-bond donors (Lipinski definition) is 1. The van der Waals surface area contributed by atoms with Crippen LogP contribution in [0.3, 0.4) is 0 Å². The fourth-order valence-corrected chi connectivity index (χ4v) is 2.64. The molecule has 0 fully saturated rings. The van der Waals surface area contributed by atoms with Crippen LogP contribution in [-0.2, 0) is 27.3 Å². The van der Waals surface area contributed by atoms with Crippen molar-refractivity contribution in [3.63, 3.8) is 0 Å². The fourth-order valence-electron chi connectivity index (χ4n) is 2.64. The van der Waals surface area contributed by atoms with E-state index in [9.17, 15) is 9.59 Å². The molecule has 0 saturated carbocycles. The number of hydrogen-bond acceptors (Lipinski definition) is 6. The zero-order valence-corrected chi connectivity index (χ0v) is 16.4. The molecule has 150 valence electrons. The van der Waals surface area contributed by atoms with Gasteiger partial charge in [0.1, 0.15) is 12.4 Å². The minimum absolute atomic E-state index is 0.132. The Hall–Kier alpha value is -2.86. The van der Waals surface area contributed by atoms with Gasteiger partial charge in [-0.15, -0.1) is 0 Å². The molecule has 6 heteroatoms. The van der Waals surface area contributed by atoms with E-state index in [0.29, 0.717) is 44.1 Å². The molecule has 0 radical (unpaired) electrons. The fraction of sp³-hybridized carbons (Fsp3) is 0.364. The van der Waals surface area contributed by atoms with Gasteiger partial charge in [0, 0.05) is 0 Å². The maximum absolute atomic E-state index is 12.2. The summed E-state index contributed by atoms with van der Waals surface area (Å²) in [4.78, 5) is 23.6. The first-order chi connectivity index (χ1) is 13.6. The van der Waals surface area contributed by atoms with Crippen LogP contribution >= 0.6 is 0 Å². The van der Waals surface area contributed by atoms with Crippen molar-refractivity contribution in [1.82, 2.24) is 5.32 Å². The average molecular weight is 385 g/mol. The van der Waals surface area contributed by atoms with Gasteiger partial charge in [-0.2, -0.15) is 0 Å². The molecule has 6 nitrogen and oxygen atoms in total. The number of benzene rings is 2. The van der Waals surface area contributed by atoms with Crippen molar-refractivity contribution in [3.8, 4) is 5.75 Å². The van der Waals surface area contributed by atoms with Gasteiger partial charge in [0.05, 0.1) is 25.3 Å². The van der Waals surface area contributed by atoms with Crippen molar-refractivity contribution in [2.45, 2.75) is 26.9 Å². The zero-order chi connectivity index (χ0) is 20.2. The van der Waals surface area contributed by atoms with E-state index in [0.717, 1.165) is 11.1 Å². The number of rotatable bonds is 11. The molecule has 2 rings (SSSR count). The predicted molar refractivity (Wildman–Crippen MR) is 106 cm³/mol. The van der Waals surface area contributed by atoms with E-state index in [2.05, 4.69) is 5.32 Å². The van der Waals surface area contributed by atoms with Gasteiger partial charge in [-0.3, -0.25) is 4.79 Å². The molecule has 0 amide bonds. The van der Waals surface area contributed by atoms with Gasteiger partial charge in [0.25, 0.3) is 0 Å². The standard InChI is InChI=1S/C22H27NO5/c1-3-26-21(24)15-23-13-12-18-14-19(10-11-20(18)22(25)27-4-2)28-16-17-8-6-5-7-9-17/h5-11,14,23H,3-4,12-13,15-16H2,1-2H3. The second kappa shape index (κ2) is 11.8. The van der Waals surface area contributed by atoms with Crippen molar-refractivity contribution in [2.24, 2.45) is 0 Å². The van der Waals surface area contributed by atoms with E-state index in [-0.39, 0.29) is 18.5 Å². The molecular weight excluding hydrogens is 358 g/mol. The minimum Gasteiger partial charge on any atom is -0.489 e. The first-order valence-corrected chi connectivity index (χ1v) is 9.47. The van der Waals surface area contributed by atoms with Gasteiger partial charge in [-0.1, -0.05) is 30.3 Å². The molecule has 1 N–H and O–H groups in total. The van der Waals surface area contributed by atoms with Crippen LogP contribution in [0.15, 0.2) is 48.5 Å². The molecule has 28 heavy (non-hydrogen) atoms. The second-order valence-electron chi connectivity index (χ2n) is 6.05. The van der Waals surface area contributed by atoms with E-state index >= 15 is 0 Å². The van der Waals surface area contributed by atoms with Crippen molar-refractivity contribution in [1.29, 1.82) is 0 Å². The Labute approximate surface area is 165 Å². The van der Waals surface area contributed by atoms with Gasteiger partial charge in [0.15, 0.2) is 0 Å². The Balaban J connectivity index is 2.02. The molecular formula is C22H27NO5. The minimum atomic E-state index is -0.363. The Morgan fingerprint density at radius 2 is 1.71 bits per heavy atom. The maximum Gasteiger partial charge on any atom is 0.338 e. The van der Waals surface area contributed by atoms with Crippen LogP contribution in [0.25, 0.3) is 0 Å². The second-order valence-corrected chi connectivity index (χ2v) is 6.05. The van der Waals surface area contributed by atoms with Crippen molar-refractivity contribution < 1.29 is 23.8 Å². The Kier molecular flexibility index (Phi) is 9.01. The summed E-state index contributed by atoms with van der Waals surface area (Å²) in [6.45, 7) is 5.31. The number of ether oxygens (including phenoxy) is 3. The van der Waals surface area contributed by atoms with Gasteiger partial charge in [-0.05, 0) is 56.1 Å². The highest BCUT2D eigenvalue weighted by atomic mass is 16.5. The molecule has 2 aromatic rings. The van der Waals surface area contributed by atoms with Crippen molar-refractivity contribution in [2.75, 3.05) is 26.3 Å². The maximum atomic E-state index is 12.2. The number of carbonyl (C=O) groups is 2. The van der Waals surface area contributed by atoms with Crippen LogP contribution in [0.4, 0.5) is 0 Å². The average Bonchev–Trinajstić information content (AvgIpc) is 2.71. The molecule has 0 aliphatic rings. The van der Waals surface area contributed by atoms with Gasteiger partial charge in [-0.25, -0.2) is 4.79 Å². The Bertz CT molecular complexity index is 761. The highest BCUT2D eigenvalue weighted by molar-refractivity contribution is 5.91. The normalized spacial score (nSPS) is 10.4. The summed E-state index contributed by atoms with van der Waals surface area (Å²) in [6, 6.07) is 15.2. The Morgan fingerprint density at radius 1 is 0.964 bits per heavy atom. The van der Waals surface area contributed by atoms with Crippen molar-refractivity contribution in [3.05, 3.63) is 65.2 Å². The molecule has 2 aromatic carbocycles. The number of esters is 2. The third-order valence-corrected chi connectivity index (χ3v) is 3.97. The molecule has 0 saturated heterocycles. The van der Waals surface area contributed by atoms with E-state index < -0.39 is 0 Å². The summed E-state index contributed by atoms with van der Waals surface area (Å²) in [6.07, 6.45) is 0.552. The van der Waals surface area contributed by atoms with Crippen LogP contribution in [0.1, 0.15) is 35.3 Å². The molecule has 0 unspecified atom stereocenters. The molecule has 0 heterocycles. The van der Waals surface area contributed by atoms with E-state index in [1.54, 1.807) is 26.0 Å². The smallest absolute Gasteiger partial charge is 0.338 e. The molecule has 0 aliphatic heterocycles. The van der Waals surface area contributed by atoms with E-state index in [4.69, 9.17) is 14.2 Å². The lowest BCUT2D eigenvalue weighted by atomic mass is 10.0. The largest absolute Gasteiger partial charge is 0.489 e. The van der Waals surface area contributed by atoms with Crippen LogP contribution in [0.2, 0.25) is 0 Å². The highest BCUT2D eigenvalue weighted by Gasteiger charge is 2.14. The van der Waals surface area contributed by atoms with Crippen LogP contribution < -0.4 is 10.1 Å². The molecule has 0 atom stereocenters. The summed E-state index contributed by atoms with van der Waals surface area (Å²) in [5.74, 6) is 0.0165. The van der Waals surface area contributed by atoms with Gasteiger partial charge < -0.3 is 19.5 Å². The van der Waals surface area contributed by atoms with E-state index in [1.807, 2.05) is 36.4 Å². The lowest BCUT2D eigenvalue weighted by Crippen LogP contribution is -2.27. The molecule has 0 spiro atoms. The van der Waals surface area contributed by atoms with E-state index in [1.165, 1.54) is 0 Å². The third kappa shape index (κ3) is 7.04. The lowest BCUT2D eigenvalue weighted by molar-refractivity contribution is -0.141. The summed E-state index contributed by atoms with van der Waals surface area (Å²) in [5, 5.41) is 3.03. The topological polar surface area (TPSA) is 73.9 Å². The Morgan fingerprint density at radius 3 is 2.43 bits per heavy atom. The van der Waals surface area contributed by atoms with Gasteiger partial charge in [0.2, 0.25) is 0 Å².